The smallest absolute Gasteiger partial charge is 0.322 e. The molecule has 0 heterocycles. The van der Waals surface area contributed by atoms with E-state index in [0.717, 1.165) is 36.6 Å². The molecule has 0 radical (unpaired) electrons. The van der Waals surface area contributed by atoms with Gasteiger partial charge in [-0.1, -0.05) is 6.07 Å². The molecule has 3 rings (SSSR count). The molecule has 0 saturated heterocycles. The number of hydrogen-bond acceptors (Lipinski definition) is 4. The maximum absolute atomic E-state index is 13.7. The molecule has 6 nitrogen and oxygen atoms in total. The van der Waals surface area contributed by atoms with Crippen molar-refractivity contribution < 1.29 is 35.6 Å². The molecule has 0 unspecified atom stereocenters. The Balaban J connectivity index is 1.91. The average molecular weight is 494 g/mol. The summed E-state index contributed by atoms with van der Waals surface area (Å²) in [5.41, 5.74) is -1.72. The number of benzene rings is 3. The lowest BCUT2D eigenvalue weighted by atomic mass is 10.1. The molecule has 0 bridgehead atoms. The van der Waals surface area contributed by atoms with Gasteiger partial charge in [-0.05, 0) is 67.1 Å². The number of rotatable bonds is 5. The molecule has 2 N–H and O–H groups in total. The van der Waals surface area contributed by atoms with Gasteiger partial charge in [-0.2, -0.15) is 13.2 Å². The number of anilines is 2. The molecule has 34 heavy (non-hydrogen) atoms. The van der Waals surface area contributed by atoms with Crippen molar-refractivity contribution in [3.63, 3.8) is 0 Å². The highest BCUT2D eigenvalue weighted by molar-refractivity contribution is 7.90. The van der Waals surface area contributed by atoms with Crippen LogP contribution in [0, 0.1) is 12.7 Å². The third-order valence-electron chi connectivity index (χ3n) is 4.82. The molecule has 0 atom stereocenters. The van der Waals surface area contributed by atoms with E-state index in [4.69, 9.17) is 0 Å². The van der Waals surface area contributed by atoms with Gasteiger partial charge in [0.2, 0.25) is 0 Å². The molecular formula is C23H18F4N2O4S. The second-order valence-corrected chi connectivity index (χ2v) is 9.44. The molecule has 0 fully saturated rings. The van der Waals surface area contributed by atoms with E-state index in [1.807, 2.05) is 0 Å². The van der Waals surface area contributed by atoms with Crippen LogP contribution in [-0.4, -0.2) is 26.5 Å². The van der Waals surface area contributed by atoms with Crippen LogP contribution in [0.4, 0.5) is 28.9 Å². The van der Waals surface area contributed by atoms with E-state index >= 15 is 0 Å². The van der Waals surface area contributed by atoms with Crippen molar-refractivity contribution >= 4 is 33.0 Å². The summed E-state index contributed by atoms with van der Waals surface area (Å²) in [6, 6.07) is 11.0. The van der Waals surface area contributed by atoms with Crippen LogP contribution in [0.3, 0.4) is 0 Å². The summed E-state index contributed by atoms with van der Waals surface area (Å²) >= 11 is 0. The number of aryl methyl sites for hydroxylation is 1. The van der Waals surface area contributed by atoms with Crippen molar-refractivity contribution in [3.8, 4) is 0 Å². The number of nitrogens with one attached hydrogen (secondary N) is 2. The summed E-state index contributed by atoms with van der Waals surface area (Å²) in [5.74, 6) is -2.26. The highest BCUT2D eigenvalue weighted by atomic mass is 32.2. The molecular weight excluding hydrogens is 476 g/mol. The number of carbonyl (C=O) groups is 2. The highest BCUT2D eigenvalue weighted by Crippen LogP contribution is 2.37. The van der Waals surface area contributed by atoms with Crippen LogP contribution in [0.5, 0.6) is 0 Å². The minimum Gasteiger partial charge on any atom is -0.322 e. The Hall–Kier alpha value is -3.73. The zero-order valence-corrected chi connectivity index (χ0v) is 18.6. The number of carbonyl (C=O) groups excluding carboxylic acids is 2. The summed E-state index contributed by atoms with van der Waals surface area (Å²) in [7, 11) is -3.64. The number of alkyl halides is 3. The maximum atomic E-state index is 13.7. The normalized spacial score (nSPS) is 11.7. The Kier molecular flexibility index (Phi) is 6.78. The van der Waals surface area contributed by atoms with Crippen molar-refractivity contribution in [2.24, 2.45) is 0 Å². The fourth-order valence-corrected chi connectivity index (χ4v) is 3.68. The van der Waals surface area contributed by atoms with E-state index < -0.39 is 44.9 Å². The number of hydrogen-bond donors (Lipinski definition) is 2. The van der Waals surface area contributed by atoms with Crippen LogP contribution in [0.15, 0.2) is 65.6 Å². The van der Waals surface area contributed by atoms with E-state index in [1.165, 1.54) is 31.2 Å². The van der Waals surface area contributed by atoms with Gasteiger partial charge in [-0.25, -0.2) is 12.8 Å². The Labute approximate surface area is 192 Å². The Morgan fingerprint density at radius 3 is 2.09 bits per heavy atom. The molecule has 3 aromatic rings. The second kappa shape index (κ2) is 9.26. The van der Waals surface area contributed by atoms with Gasteiger partial charge in [-0.15, -0.1) is 0 Å². The molecule has 11 heteroatoms. The van der Waals surface area contributed by atoms with Gasteiger partial charge < -0.3 is 10.6 Å². The van der Waals surface area contributed by atoms with Crippen molar-refractivity contribution in [2.45, 2.75) is 18.0 Å². The first kappa shape index (κ1) is 24.9. The van der Waals surface area contributed by atoms with Crippen molar-refractivity contribution in [2.75, 3.05) is 16.9 Å². The van der Waals surface area contributed by atoms with Crippen LogP contribution in [0.2, 0.25) is 0 Å². The first-order valence-corrected chi connectivity index (χ1v) is 11.5. The largest absolute Gasteiger partial charge is 0.418 e. The quantitative estimate of drug-likeness (QED) is 0.485. The van der Waals surface area contributed by atoms with Gasteiger partial charge in [-0.3, -0.25) is 9.59 Å². The molecule has 0 aliphatic carbocycles. The van der Waals surface area contributed by atoms with Crippen LogP contribution in [-0.2, 0) is 16.0 Å². The van der Waals surface area contributed by atoms with Crippen LogP contribution < -0.4 is 10.6 Å². The third-order valence-corrected chi connectivity index (χ3v) is 5.93. The van der Waals surface area contributed by atoms with Crippen LogP contribution in [0.1, 0.15) is 31.8 Å². The highest BCUT2D eigenvalue weighted by Gasteiger charge is 2.34. The number of sulfone groups is 1. The van der Waals surface area contributed by atoms with Crippen molar-refractivity contribution in [1.82, 2.24) is 0 Å². The summed E-state index contributed by atoms with van der Waals surface area (Å²) < 4.78 is 77.7. The summed E-state index contributed by atoms with van der Waals surface area (Å²) in [5, 5.41) is 4.46. The van der Waals surface area contributed by atoms with Gasteiger partial charge in [0, 0.05) is 23.1 Å². The lowest BCUT2D eigenvalue weighted by Gasteiger charge is -2.16. The molecule has 0 aromatic heterocycles. The Morgan fingerprint density at radius 2 is 1.50 bits per heavy atom. The third kappa shape index (κ3) is 5.79. The zero-order chi connectivity index (χ0) is 25.3. The number of amides is 2. The van der Waals surface area contributed by atoms with Gasteiger partial charge in [0.15, 0.2) is 9.84 Å². The van der Waals surface area contributed by atoms with E-state index in [9.17, 15) is 35.6 Å². The molecule has 0 aliphatic rings. The van der Waals surface area contributed by atoms with Gasteiger partial charge in [0.05, 0.1) is 16.1 Å². The minimum atomic E-state index is -4.89. The lowest BCUT2D eigenvalue weighted by Crippen LogP contribution is -2.19. The molecule has 0 aliphatic heterocycles. The molecule has 0 saturated carbocycles. The fraction of sp³-hybridized carbons (Fsp3) is 0.130. The first-order valence-electron chi connectivity index (χ1n) is 9.66. The molecule has 2 amide bonds. The van der Waals surface area contributed by atoms with Gasteiger partial charge in [0.25, 0.3) is 11.8 Å². The van der Waals surface area contributed by atoms with E-state index in [2.05, 4.69) is 10.6 Å². The first-order chi connectivity index (χ1) is 15.8. The Bertz CT molecular complexity index is 1370. The van der Waals surface area contributed by atoms with Crippen LogP contribution >= 0.6 is 0 Å². The monoisotopic (exact) mass is 494 g/mol. The molecule has 178 valence electrons. The predicted molar refractivity (Wildman–Crippen MR) is 118 cm³/mol. The van der Waals surface area contributed by atoms with E-state index in [-0.39, 0.29) is 21.7 Å². The SMILES string of the molecule is Cc1ccc(S(C)(=O)=O)cc1C(=O)Nc1ccc(NC(=O)c2ccc(F)cc2)cc1C(F)(F)F. The predicted octanol–water partition coefficient (Wildman–Crippen LogP) is 5.06. The van der Waals surface area contributed by atoms with Crippen molar-refractivity contribution in [1.29, 1.82) is 0 Å². The summed E-state index contributed by atoms with van der Waals surface area (Å²) in [4.78, 5) is 24.8. The van der Waals surface area contributed by atoms with E-state index in [1.54, 1.807) is 0 Å². The lowest BCUT2D eigenvalue weighted by molar-refractivity contribution is -0.136. The molecule has 3 aromatic carbocycles. The zero-order valence-electron chi connectivity index (χ0n) is 17.8. The summed E-state index contributed by atoms with van der Waals surface area (Å²) in [6.45, 7) is 1.51. The maximum Gasteiger partial charge on any atom is 0.418 e. The van der Waals surface area contributed by atoms with Crippen molar-refractivity contribution in [3.05, 3.63) is 88.7 Å². The van der Waals surface area contributed by atoms with Crippen LogP contribution in [0.25, 0.3) is 0 Å². The van der Waals surface area contributed by atoms with Gasteiger partial charge in [0.1, 0.15) is 5.82 Å². The molecule has 0 spiro atoms. The number of halogens is 4. The topological polar surface area (TPSA) is 92.3 Å². The Morgan fingerprint density at radius 1 is 0.853 bits per heavy atom. The van der Waals surface area contributed by atoms with Gasteiger partial charge >= 0.3 is 6.18 Å². The minimum absolute atomic E-state index is 0.0357. The standard InChI is InChI=1S/C23H18F4N2O4S/c1-13-3-9-17(34(2,32)33)12-18(13)22(31)29-20-10-8-16(11-19(20)23(25,26)27)28-21(30)14-4-6-15(24)7-5-14/h3-12H,1-2H3,(H,28,30)(H,29,31). The average Bonchev–Trinajstić information content (AvgIpc) is 2.74. The fourth-order valence-electron chi connectivity index (χ4n) is 3.04. The van der Waals surface area contributed by atoms with E-state index in [0.29, 0.717) is 11.6 Å². The second-order valence-electron chi connectivity index (χ2n) is 7.42. The summed E-state index contributed by atoms with van der Waals surface area (Å²) in [6.07, 6.45) is -3.94.